The van der Waals surface area contributed by atoms with Crippen molar-refractivity contribution in [2.24, 2.45) is 4.99 Å². The van der Waals surface area contributed by atoms with E-state index in [-0.39, 0.29) is 6.04 Å². The summed E-state index contributed by atoms with van der Waals surface area (Å²) < 4.78 is 6.22. The highest BCUT2D eigenvalue weighted by Gasteiger charge is 2.24. The normalized spacial score (nSPS) is 19.1. The Kier molecular flexibility index (Phi) is 5.62. The first kappa shape index (κ1) is 17.1. The number of amidine groups is 1. The fourth-order valence-corrected chi connectivity index (χ4v) is 4.78. The van der Waals surface area contributed by atoms with E-state index in [4.69, 9.17) is 16.3 Å². The first-order valence-electron chi connectivity index (χ1n) is 6.40. The van der Waals surface area contributed by atoms with E-state index in [1.165, 1.54) is 11.8 Å². The second kappa shape index (κ2) is 6.89. The van der Waals surface area contributed by atoms with Crippen molar-refractivity contribution in [3.8, 4) is 0 Å². The monoisotopic (exact) mass is 410 g/mol. The van der Waals surface area contributed by atoms with E-state index in [1.807, 2.05) is 26.8 Å². The molecule has 4 nitrogen and oxygen atoms in total. The third-order valence-corrected chi connectivity index (χ3v) is 5.58. The summed E-state index contributed by atoms with van der Waals surface area (Å²) in [6, 6.07) is 1.86. The van der Waals surface area contributed by atoms with Crippen LogP contribution in [-0.4, -0.2) is 22.6 Å². The average Bonchev–Trinajstić information content (AvgIpc) is 2.66. The Morgan fingerprint density at radius 1 is 1.57 bits per heavy atom. The molecule has 0 unspecified atom stereocenters. The second-order valence-electron chi connectivity index (χ2n) is 5.48. The first-order valence-corrected chi connectivity index (χ1v) is 9.37. The summed E-state index contributed by atoms with van der Waals surface area (Å²) in [4.78, 5) is 17.4. The van der Waals surface area contributed by atoms with E-state index in [0.717, 1.165) is 20.8 Å². The summed E-state index contributed by atoms with van der Waals surface area (Å²) in [6.45, 7) is 5.48. The molecule has 0 saturated heterocycles. The molecule has 0 fully saturated rings. The highest BCUT2D eigenvalue weighted by Crippen LogP contribution is 2.40. The number of carbonyl (C=O) groups is 1. The number of alkyl carbamates (subject to hydrolysis) is 1. The van der Waals surface area contributed by atoms with Crippen molar-refractivity contribution in [3.63, 3.8) is 0 Å². The standard InChI is InChI=1S/C13H16BrClN2O2S2/c1-13(2,3)19-12(18)17-11-16-8(4-5-20-11)10-7(15)6-9(14)21-10/h6,8H,4-5H2,1-3H3,(H,16,17,18)/t8-/m0/s1. The molecular weight excluding hydrogens is 396 g/mol. The first-order chi connectivity index (χ1) is 9.74. The van der Waals surface area contributed by atoms with Crippen molar-refractivity contribution in [2.45, 2.75) is 38.8 Å². The molecule has 0 spiro atoms. The van der Waals surface area contributed by atoms with Crippen molar-refractivity contribution in [1.82, 2.24) is 5.32 Å². The molecule has 0 aliphatic carbocycles. The van der Waals surface area contributed by atoms with Crippen LogP contribution in [-0.2, 0) is 4.74 Å². The van der Waals surface area contributed by atoms with Crippen LogP contribution in [0.3, 0.4) is 0 Å². The Bertz CT molecular complexity index is 569. The number of ether oxygens (including phenoxy) is 1. The number of hydrogen-bond acceptors (Lipinski definition) is 5. The van der Waals surface area contributed by atoms with Crippen LogP contribution in [0.15, 0.2) is 14.8 Å². The maximum Gasteiger partial charge on any atom is 0.413 e. The van der Waals surface area contributed by atoms with Crippen molar-refractivity contribution < 1.29 is 9.53 Å². The third kappa shape index (κ3) is 5.16. The lowest BCUT2D eigenvalue weighted by atomic mass is 10.2. The van der Waals surface area contributed by atoms with Gasteiger partial charge in [0.15, 0.2) is 5.17 Å². The molecule has 1 amide bonds. The molecule has 21 heavy (non-hydrogen) atoms. The van der Waals surface area contributed by atoms with E-state index in [9.17, 15) is 4.79 Å². The fourth-order valence-electron chi connectivity index (χ4n) is 1.74. The van der Waals surface area contributed by atoms with E-state index in [1.54, 1.807) is 11.3 Å². The molecule has 1 atom stereocenters. The number of carbonyl (C=O) groups excluding carboxylic acids is 1. The second-order valence-corrected chi connectivity index (χ2v) is 9.43. The summed E-state index contributed by atoms with van der Waals surface area (Å²) in [6.07, 6.45) is 0.421. The number of rotatable bonds is 1. The number of amides is 1. The zero-order chi connectivity index (χ0) is 15.6. The van der Waals surface area contributed by atoms with Gasteiger partial charge in [0.05, 0.1) is 14.9 Å². The van der Waals surface area contributed by atoms with Gasteiger partial charge < -0.3 is 4.74 Å². The van der Waals surface area contributed by atoms with Gasteiger partial charge in [-0.2, -0.15) is 0 Å². The number of aliphatic imine (C=N–C) groups is 1. The van der Waals surface area contributed by atoms with Gasteiger partial charge in [-0.15, -0.1) is 11.3 Å². The molecule has 1 aliphatic heterocycles. The molecule has 8 heteroatoms. The van der Waals surface area contributed by atoms with Crippen LogP contribution >= 0.6 is 50.6 Å². The van der Waals surface area contributed by atoms with Gasteiger partial charge in [0.2, 0.25) is 0 Å². The maximum atomic E-state index is 11.8. The minimum atomic E-state index is -0.523. The van der Waals surface area contributed by atoms with Crippen LogP contribution in [0.4, 0.5) is 4.79 Å². The Morgan fingerprint density at radius 2 is 2.29 bits per heavy atom. The summed E-state index contributed by atoms with van der Waals surface area (Å²) in [5, 5.41) is 4.00. The molecule has 1 aromatic heterocycles. The van der Waals surface area contributed by atoms with Crippen LogP contribution in [0.2, 0.25) is 5.02 Å². The molecule has 0 saturated carbocycles. The SMILES string of the molecule is CC(C)(C)OC(=O)NC1=N[C@H](c2sc(Br)cc2Cl)CCS1. The van der Waals surface area contributed by atoms with Crippen LogP contribution in [0.1, 0.15) is 38.1 Å². The van der Waals surface area contributed by atoms with Gasteiger partial charge in [-0.3, -0.25) is 10.3 Å². The van der Waals surface area contributed by atoms with Crippen LogP contribution in [0.25, 0.3) is 0 Å². The van der Waals surface area contributed by atoms with Gasteiger partial charge in [0, 0.05) is 10.6 Å². The number of thioether (sulfide) groups is 1. The van der Waals surface area contributed by atoms with E-state index in [0.29, 0.717) is 10.2 Å². The Balaban J connectivity index is 2.07. The minimum Gasteiger partial charge on any atom is -0.444 e. The lowest BCUT2D eigenvalue weighted by Crippen LogP contribution is -2.36. The maximum absolute atomic E-state index is 11.8. The topological polar surface area (TPSA) is 50.7 Å². The Hall–Kier alpha value is -0.240. The van der Waals surface area contributed by atoms with E-state index in [2.05, 4.69) is 26.2 Å². The summed E-state index contributed by atoms with van der Waals surface area (Å²) in [5.74, 6) is 0.880. The number of nitrogens with one attached hydrogen (secondary N) is 1. The summed E-state index contributed by atoms with van der Waals surface area (Å²) in [7, 11) is 0. The average molecular weight is 412 g/mol. The predicted molar refractivity (Wildman–Crippen MR) is 93.6 cm³/mol. The van der Waals surface area contributed by atoms with Crippen LogP contribution < -0.4 is 5.32 Å². The molecular formula is C13H16BrClN2O2S2. The molecule has 2 rings (SSSR count). The lowest BCUT2D eigenvalue weighted by molar-refractivity contribution is 0.0564. The number of thiophene rings is 1. The van der Waals surface area contributed by atoms with Gasteiger partial charge in [-0.1, -0.05) is 23.4 Å². The van der Waals surface area contributed by atoms with Crippen LogP contribution in [0, 0.1) is 0 Å². The molecule has 0 aromatic carbocycles. The third-order valence-electron chi connectivity index (χ3n) is 2.50. The quantitative estimate of drug-likeness (QED) is 0.689. The summed E-state index contributed by atoms with van der Waals surface area (Å²) in [5.41, 5.74) is -0.523. The molecule has 0 radical (unpaired) electrons. The molecule has 0 bridgehead atoms. The fraction of sp³-hybridized carbons (Fsp3) is 0.538. The lowest BCUT2D eigenvalue weighted by Gasteiger charge is -2.22. The zero-order valence-electron chi connectivity index (χ0n) is 11.9. The number of hydrogen-bond donors (Lipinski definition) is 1. The molecule has 116 valence electrons. The highest BCUT2D eigenvalue weighted by molar-refractivity contribution is 9.11. The van der Waals surface area contributed by atoms with Crippen molar-refractivity contribution >= 4 is 61.9 Å². The smallest absolute Gasteiger partial charge is 0.413 e. The molecule has 1 aromatic rings. The largest absolute Gasteiger partial charge is 0.444 e. The van der Waals surface area contributed by atoms with E-state index < -0.39 is 11.7 Å². The Labute approximate surface area is 145 Å². The summed E-state index contributed by atoms with van der Waals surface area (Å²) >= 11 is 12.7. The van der Waals surface area contributed by atoms with Gasteiger partial charge in [0.1, 0.15) is 5.60 Å². The Morgan fingerprint density at radius 3 is 2.86 bits per heavy atom. The van der Waals surface area contributed by atoms with Gasteiger partial charge in [-0.05, 0) is 49.2 Å². The van der Waals surface area contributed by atoms with Crippen LogP contribution in [0.5, 0.6) is 0 Å². The molecule has 2 heterocycles. The minimum absolute atomic E-state index is 0.0139. The molecule has 1 N–H and O–H groups in total. The number of halogens is 2. The zero-order valence-corrected chi connectivity index (χ0v) is 15.9. The van der Waals surface area contributed by atoms with Crippen molar-refractivity contribution in [1.29, 1.82) is 0 Å². The van der Waals surface area contributed by atoms with Crippen molar-refractivity contribution in [2.75, 3.05) is 5.75 Å². The number of nitrogens with zero attached hydrogens (tertiary/aromatic N) is 1. The highest BCUT2D eigenvalue weighted by atomic mass is 79.9. The molecule has 1 aliphatic rings. The van der Waals surface area contributed by atoms with Gasteiger partial charge in [0.25, 0.3) is 0 Å². The van der Waals surface area contributed by atoms with E-state index >= 15 is 0 Å². The van der Waals surface area contributed by atoms with Gasteiger partial charge in [-0.25, -0.2) is 4.79 Å². The predicted octanol–water partition coefficient (Wildman–Crippen LogP) is 5.22. The van der Waals surface area contributed by atoms with Gasteiger partial charge >= 0.3 is 6.09 Å². The van der Waals surface area contributed by atoms with Crippen molar-refractivity contribution in [3.05, 3.63) is 19.8 Å².